The Kier molecular flexibility index (Phi) is 8.32. The molecule has 9 nitrogen and oxygen atoms in total. The van der Waals surface area contributed by atoms with Crippen molar-refractivity contribution in [2.75, 3.05) is 23.7 Å². The van der Waals surface area contributed by atoms with Crippen LogP contribution < -0.4 is 16.4 Å². The van der Waals surface area contributed by atoms with Gasteiger partial charge in [0.15, 0.2) is 17.0 Å². The molecule has 2 saturated carbocycles. The van der Waals surface area contributed by atoms with Crippen LogP contribution in [0.1, 0.15) is 81.4 Å². The van der Waals surface area contributed by atoms with Crippen molar-refractivity contribution in [2.24, 2.45) is 5.73 Å². The van der Waals surface area contributed by atoms with E-state index in [0.29, 0.717) is 24.1 Å². The third kappa shape index (κ3) is 5.59. The Morgan fingerprint density at radius 1 is 0.773 bits per heavy atom. The molecule has 4 aromatic rings. The molecule has 4 N–H and O–H groups in total. The molecule has 0 spiro atoms. The fourth-order valence-corrected chi connectivity index (χ4v) is 7.67. The number of carbonyl (C=O) groups excluding carboxylic acids is 1. The summed E-state index contributed by atoms with van der Waals surface area (Å²) in [5.41, 5.74) is 9.11. The summed E-state index contributed by atoms with van der Waals surface area (Å²) in [6.45, 7) is 1.55. The summed E-state index contributed by atoms with van der Waals surface area (Å²) in [4.78, 5) is 30.3. The first-order chi connectivity index (χ1) is 21.6. The van der Waals surface area contributed by atoms with Crippen molar-refractivity contribution in [3.05, 3.63) is 78.1 Å². The zero-order valence-corrected chi connectivity index (χ0v) is 25.4. The van der Waals surface area contributed by atoms with Crippen LogP contribution in [-0.2, 0) is 10.3 Å². The number of nitrogens with zero attached hydrogens (tertiary/aromatic N) is 5. The number of anilines is 2. The second kappa shape index (κ2) is 12.7. The van der Waals surface area contributed by atoms with E-state index in [0.717, 1.165) is 86.0 Å². The lowest BCUT2D eigenvalue weighted by molar-refractivity contribution is -0.117. The van der Waals surface area contributed by atoms with E-state index >= 15 is 0 Å². The van der Waals surface area contributed by atoms with Crippen LogP contribution in [0.3, 0.4) is 0 Å². The SMILES string of the molecule is NC1CCC(Nc2nc(NC3CCN(C(C=O)(c4ccccc4)c4ccccc4)CC3)c3ncn(C4CCCC4)c3n2)CC1. The predicted molar refractivity (Wildman–Crippen MR) is 175 cm³/mol. The number of fused-ring (bicyclic) bond motifs is 1. The highest BCUT2D eigenvalue weighted by molar-refractivity contribution is 5.84. The number of hydrogen-bond acceptors (Lipinski definition) is 8. The van der Waals surface area contributed by atoms with Gasteiger partial charge in [-0.25, -0.2) is 4.98 Å². The number of benzene rings is 2. The van der Waals surface area contributed by atoms with E-state index in [1.54, 1.807) is 0 Å². The summed E-state index contributed by atoms with van der Waals surface area (Å²) < 4.78 is 2.28. The fourth-order valence-electron chi connectivity index (χ4n) is 7.67. The van der Waals surface area contributed by atoms with Gasteiger partial charge < -0.3 is 25.7 Å². The molecular formula is C35H44N8O. The maximum Gasteiger partial charge on any atom is 0.227 e. The van der Waals surface area contributed by atoms with Gasteiger partial charge in [0.1, 0.15) is 11.8 Å². The number of rotatable bonds is 9. The average molecular weight is 593 g/mol. The van der Waals surface area contributed by atoms with E-state index in [1.807, 2.05) is 42.7 Å². The first kappa shape index (κ1) is 28.9. The van der Waals surface area contributed by atoms with Crippen LogP contribution in [0.5, 0.6) is 0 Å². The maximum absolute atomic E-state index is 13.1. The van der Waals surface area contributed by atoms with Gasteiger partial charge in [0, 0.05) is 37.3 Å². The first-order valence-corrected chi connectivity index (χ1v) is 16.5. The highest BCUT2D eigenvalue weighted by atomic mass is 16.1. The van der Waals surface area contributed by atoms with Gasteiger partial charge in [-0.1, -0.05) is 73.5 Å². The summed E-state index contributed by atoms with van der Waals surface area (Å²) in [6.07, 6.45) is 13.8. The van der Waals surface area contributed by atoms with E-state index in [2.05, 4.69) is 44.4 Å². The fraction of sp³-hybridized carbons (Fsp3) is 0.486. The third-order valence-corrected chi connectivity index (χ3v) is 10.2. The number of imidazole rings is 1. The molecule has 2 aromatic carbocycles. The van der Waals surface area contributed by atoms with Crippen molar-refractivity contribution < 1.29 is 4.79 Å². The molecule has 0 amide bonds. The zero-order chi connectivity index (χ0) is 29.9. The van der Waals surface area contributed by atoms with Gasteiger partial charge in [0.05, 0.1) is 6.33 Å². The number of carbonyl (C=O) groups is 1. The number of aldehydes is 1. The van der Waals surface area contributed by atoms with Crippen molar-refractivity contribution in [3.8, 4) is 0 Å². The Bertz CT molecular complexity index is 1500. The van der Waals surface area contributed by atoms with Gasteiger partial charge in [-0.15, -0.1) is 0 Å². The van der Waals surface area contributed by atoms with Crippen LogP contribution in [-0.4, -0.2) is 61.9 Å². The minimum Gasteiger partial charge on any atom is -0.365 e. The summed E-state index contributed by atoms with van der Waals surface area (Å²) in [5, 5.41) is 7.42. The van der Waals surface area contributed by atoms with Crippen LogP contribution in [0.15, 0.2) is 67.0 Å². The summed E-state index contributed by atoms with van der Waals surface area (Å²) in [5.74, 6) is 1.47. The molecule has 3 fully saturated rings. The lowest BCUT2D eigenvalue weighted by Gasteiger charge is -2.44. The molecule has 7 rings (SSSR count). The maximum atomic E-state index is 13.1. The van der Waals surface area contributed by atoms with Gasteiger partial charge in [-0.05, 0) is 62.5 Å². The molecule has 3 aliphatic rings. The molecule has 1 saturated heterocycles. The monoisotopic (exact) mass is 592 g/mol. The number of piperidine rings is 1. The van der Waals surface area contributed by atoms with Gasteiger partial charge in [0.2, 0.25) is 5.95 Å². The Balaban J connectivity index is 1.14. The van der Waals surface area contributed by atoms with E-state index in [4.69, 9.17) is 20.7 Å². The average Bonchev–Trinajstić information content (AvgIpc) is 3.75. The van der Waals surface area contributed by atoms with Crippen LogP contribution >= 0.6 is 0 Å². The number of likely N-dealkylation sites (tertiary alicyclic amines) is 1. The smallest absolute Gasteiger partial charge is 0.227 e. The van der Waals surface area contributed by atoms with Gasteiger partial charge in [-0.2, -0.15) is 9.97 Å². The molecule has 230 valence electrons. The molecule has 2 aromatic heterocycles. The van der Waals surface area contributed by atoms with Gasteiger partial charge in [0.25, 0.3) is 0 Å². The molecule has 0 radical (unpaired) electrons. The van der Waals surface area contributed by atoms with Gasteiger partial charge >= 0.3 is 0 Å². The van der Waals surface area contributed by atoms with Crippen LogP contribution in [0.4, 0.5) is 11.8 Å². The molecule has 44 heavy (non-hydrogen) atoms. The molecule has 9 heteroatoms. The van der Waals surface area contributed by atoms with Crippen molar-refractivity contribution in [1.82, 2.24) is 24.4 Å². The summed E-state index contributed by atoms with van der Waals surface area (Å²) in [7, 11) is 0. The number of nitrogens with one attached hydrogen (secondary N) is 2. The van der Waals surface area contributed by atoms with Crippen molar-refractivity contribution in [3.63, 3.8) is 0 Å². The van der Waals surface area contributed by atoms with E-state index in [9.17, 15) is 4.79 Å². The molecule has 0 unspecified atom stereocenters. The minimum atomic E-state index is -0.824. The van der Waals surface area contributed by atoms with Gasteiger partial charge in [-0.3, -0.25) is 4.90 Å². The van der Waals surface area contributed by atoms with Crippen molar-refractivity contribution >= 4 is 29.2 Å². The number of nitrogens with two attached hydrogens (primary N) is 1. The normalized spacial score (nSPS) is 22.3. The third-order valence-electron chi connectivity index (χ3n) is 10.2. The highest BCUT2D eigenvalue weighted by Gasteiger charge is 2.42. The second-order valence-corrected chi connectivity index (χ2v) is 12.9. The molecule has 1 aliphatic heterocycles. The zero-order valence-electron chi connectivity index (χ0n) is 25.4. The number of aromatic nitrogens is 4. The lowest BCUT2D eigenvalue weighted by Crippen LogP contribution is -2.53. The van der Waals surface area contributed by atoms with E-state index < -0.39 is 5.54 Å². The Hall–Kier alpha value is -3.82. The summed E-state index contributed by atoms with van der Waals surface area (Å²) in [6, 6.07) is 21.6. The Morgan fingerprint density at radius 3 is 2.00 bits per heavy atom. The minimum absolute atomic E-state index is 0.206. The highest BCUT2D eigenvalue weighted by Crippen LogP contribution is 2.38. The standard InChI is InChI=1S/C35H44N8O/c36-27-15-17-28(18-16-27)39-34-40-32(31-33(41-34)43(24-37-31)30-13-7-8-14-30)38-29-19-21-42(22-20-29)35(23-44,25-9-3-1-4-10-25)26-11-5-2-6-12-26/h1-6,9-12,23-24,27-30H,7-8,13-22,36H2,(H2,38,39,40,41). The molecule has 0 bridgehead atoms. The van der Waals surface area contributed by atoms with E-state index in [-0.39, 0.29) is 6.04 Å². The molecule has 2 aliphatic carbocycles. The van der Waals surface area contributed by atoms with Crippen LogP contribution in [0, 0.1) is 0 Å². The van der Waals surface area contributed by atoms with E-state index in [1.165, 1.54) is 25.7 Å². The van der Waals surface area contributed by atoms with Crippen molar-refractivity contribution in [2.45, 2.75) is 93.9 Å². The molecule has 3 heterocycles. The second-order valence-electron chi connectivity index (χ2n) is 12.9. The largest absolute Gasteiger partial charge is 0.365 e. The topological polar surface area (TPSA) is 114 Å². The summed E-state index contributed by atoms with van der Waals surface area (Å²) >= 11 is 0. The van der Waals surface area contributed by atoms with Crippen LogP contribution in [0.25, 0.3) is 11.2 Å². The Labute approximate surface area is 259 Å². The van der Waals surface area contributed by atoms with Crippen molar-refractivity contribution in [1.29, 1.82) is 0 Å². The predicted octanol–water partition coefficient (Wildman–Crippen LogP) is 5.64. The molecule has 0 atom stereocenters. The lowest BCUT2D eigenvalue weighted by atomic mass is 9.81. The van der Waals surface area contributed by atoms with Crippen LogP contribution in [0.2, 0.25) is 0 Å². The quantitative estimate of drug-likeness (QED) is 0.214. The first-order valence-electron chi connectivity index (χ1n) is 16.5. The Morgan fingerprint density at radius 2 is 1.39 bits per heavy atom. The number of hydrogen-bond donors (Lipinski definition) is 3. The molecular weight excluding hydrogens is 548 g/mol.